The van der Waals surface area contributed by atoms with E-state index in [1.807, 2.05) is 51.1 Å². The molecule has 0 spiro atoms. The smallest absolute Gasteiger partial charge is 0.338 e. The van der Waals surface area contributed by atoms with E-state index in [0.717, 1.165) is 12.0 Å². The predicted octanol–water partition coefficient (Wildman–Crippen LogP) is 3.91. The second kappa shape index (κ2) is 11.0. The number of nitrogens with one attached hydrogen (secondary N) is 1. The first-order valence-corrected chi connectivity index (χ1v) is 9.46. The molecule has 0 heterocycles. The summed E-state index contributed by atoms with van der Waals surface area (Å²) in [5.74, 6) is 0.102. The lowest BCUT2D eigenvalue weighted by Crippen LogP contribution is -2.31. The Morgan fingerprint density at radius 3 is 2.43 bits per heavy atom. The van der Waals surface area contributed by atoms with Crippen LogP contribution in [-0.2, 0) is 9.53 Å². The van der Waals surface area contributed by atoms with Crippen molar-refractivity contribution in [1.29, 1.82) is 0 Å². The summed E-state index contributed by atoms with van der Waals surface area (Å²) in [6.45, 7) is 6.39. The monoisotopic (exact) mass is 385 g/mol. The minimum atomic E-state index is -0.592. The predicted molar refractivity (Wildman–Crippen MR) is 107 cm³/mol. The average Bonchev–Trinajstić information content (AvgIpc) is 2.71. The van der Waals surface area contributed by atoms with Crippen molar-refractivity contribution < 1.29 is 23.8 Å². The first kappa shape index (κ1) is 21.3. The Hall–Kier alpha value is -3.02. The van der Waals surface area contributed by atoms with E-state index in [-0.39, 0.29) is 18.6 Å². The zero-order chi connectivity index (χ0) is 20.4. The highest BCUT2D eigenvalue weighted by Crippen LogP contribution is 2.29. The maximum atomic E-state index is 12.3. The van der Waals surface area contributed by atoms with Gasteiger partial charge in [0.05, 0.1) is 24.8 Å². The van der Waals surface area contributed by atoms with E-state index in [9.17, 15) is 9.59 Å². The van der Waals surface area contributed by atoms with E-state index in [2.05, 4.69) is 5.32 Å². The van der Waals surface area contributed by atoms with Gasteiger partial charge in [0.25, 0.3) is 5.91 Å². The quantitative estimate of drug-likeness (QED) is 0.628. The maximum Gasteiger partial charge on any atom is 0.338 e. The summed E-state index contributed by atoms with van der Waals surface area (Å²) >= 11 is 0. The van der Waals surface area contributed by atoms with Crippen molar-refractivity contribution in [3.8, 4) is 11.5 Å². The van der Waals surface area contributed by atoms with Crippen molar-refractivity contribution in [2.75, 3.05) is 19.8 Å². The summed E-state index contributed by atoms with van der Waals surface area (Å²) < 4.78 is 16.3. The van der Waals surface area contributed by atoms with Gasteiger partial charge >= 0.3 is 5.97 Å². The molecule has 0 radical (unpaired) electrons. The van der Waals surface area contributed by atoms with Gasteiger partial charge in [-0.1, -0.05) is 37.3 Å². The molecule has 0 aliphatic heterocycles. The van der Waals surface area contributed by atoms with Crippen LogP contribution in [0.25, 0.3) is 0 Å². The van der Waals surface area contributed by atoms with Crippen LogP contribution in [0.15, 0.2) is 48.5 Å². The van der Waals surface area contributed by atoms with Gasteiger partial charge in [0.2, 0.25) is 0 Å². The van der Waals surface area contributed by atoms with E-state index in [0.29, 0.717) is 30.3 Å². The highest BCUT2D eigenvalue weighted by molar-refractivity contribution is 5.92. The van der Waals surface area contributed by atoms with Gasteiger partial charge in [-0.2, -0.15) is 0 Å². The topological polar surface area (TPSA) is 73.9 Å². The lowest BCUT2D eigenvalue weighted by Gasteiger charge is -2.15. The van der Waals surface area contributed by atoms with Crippen molar-refractivity contribution >= 4 is 11.9 Å². The second-order valence-electron chi connectivity index (χ2n) is 6.22. The van der Waals surface area contributed by atoms with Crippen LogP contribution in [0.3, 0.4) is 0 Å². The van der Waals surface area contributed by atoms with Gasteiger partial charge in [0, 0.05) is 0 Å². The lowest BCUT2D eigenvalue weighted by molar-refractivity contribution is -0.124. The molecular formula is C22H27NO5. The number of carbonyl (C=O) groups is 2. The molecule has 2 rings (SSSR count). The van der Waals surface area contributed by atoms with Gasteiger partial charge < -0.3 is 19.5 Å². The van der Waals surface area contributed by atoms with Crippen molar-refractivity contribution in [3.05, 3.63) is 59.7 Å². The Kier molecular flexibility index (Phi) is 8.34. The van der Waals surface area contributed by atoms with E-state index >= 15 is 0 Å². The first-order valence-electron chi connectivity index (χ1n) is 9.46. The molecule has 0 unspecified atom stereocenters. The summed E-state index contributed by atoms with van der Waals surface area (Å²) in [4.78, 5) is 24.4. The number of benzene rings is 2. The van der Waals surface area contributed by atoms with E-state index in [1.165, 1.54) is 0 Å². The molecule has 0 saturated carbocycles. The number of carbonyl (C=O) groups excluding carboxylic acids is 2. The number of ether oxygens (including phenoxy) is 3. The molecule has 0 aliphatic carbocycles. The molecule has 1 atom stereocenters. The second-order valence-corrected chi connectivity index (χ2v) is 6.22. The van der Waals surface area contributed by atoms with Crippen molar-refractivity contribution in [2.45, 2.75) is 33.2 Å². The molecular weight excluding hydrogens is 358 g/mol. The highest BCUT2D eigenvalue weighted by atomic mass is 16.5. The molecule has 0 saturated heterocycles. The molecule has 0 bridgehead atoms. The molecule has 2 aromatic rings. The summed E-state index contributed by atoms with van der Waals surface area (Å²) in [6, 6.07) is 14.2. The third-order valence-corrected chi connectivity index (χ3v) is 3.95. The van der Waals surface area contributed by atoms with Crippen molar-refractivity contribution in [2.24, 2.45) is 0 Å². The Balaban J connectivity index is 1.92. The summed E-state index contributed by atoms with van der Waals surface area (Å²) in [5, 5.41) is 2.81. The zero-order valence-corrected chi connectivity index (χ0v) is 16.6. The summed E-state index contributed by atoms with van der Waals surface area (Å²) in [7, 11) is 0. The summed E-state index contributed by atoms with van der Waals surface area (Å²) in [5.41, 5.74) is 1.28. The first-order chi connectivity index (χ1) is 13.5. The van der Waals surface area contributed by atoms with Gasteiger partial charge in [-0.15, -0.1) is 0 Å². The molecule has 150 valence electrons. The number of rotatable bonds is 10. The molecule has 28 heavy (non-hydrogen) atoms. The van der Waals surface area contributed by atoms with Crippen LogP contribution in [0.5, 0.6) is 11.5 Å². The molecule has 2 aromatic carbocycles. The van der Waals surface area contributed by atoms with E-state index in [1.54, 1.807) is 18.2 Å². The highest BCUT2D eigenvalue weighted by Gasteiger charge is 2.15. The average molecular weight is 385 g/mol. The Morgan fingerprint density at radius 1 is 1.00 bits per heavy atom. The number of amides is 1. The van der Waals surface area contributed by atoms with E-state index in [4.69, 9.17) is 14.2 Å². The maximum absolute atomic E-state index is 12.3. The van der Waals surface area contributed by atoms with Gasteiger partial charge in [-0.3, -0.25) is 4.79 Å². The fraction of sp³-hybridized carbons (Fsp3) is 0.364. The minimum absolute atomic E-state index is 0.174. The molecule has 1 N–H and O–H groups in total. The van der Waals surface area contributed by atoms with Crippen LogP contribution in [-0.4, -0.2) is 31.7 Å². The number of hydrogen-bond donors (Lipinski definition) is 1. The molecule has 6 nitrogen and oxygen atoms in total. The Labute approximate surface area is 165 Å². The molecule has 0 aliphatic rings. The van der Waals surface area contributed by atoms with Gasteiger partial charge in [0.15, 0.2) is 18.1 Å². The standard InChI is InChI=1S/C22H27NO5/c1-4-13-27-19-12-11-18(14-20(19)26-5-2)22(25)28-15-21(24)23-16(3)17-9-7-6-8-10-17/h6-12,14,16H,4-5,13,15H2,1-3H3,(H,23,24)/t16-/m0/s1. The Morgan fingerprint density at radius 2 is 1.75 bits per heavy atom. The lowest BCUT2D eigenvalue weighted by atomic mass is 10.1. The van der Waals surface area contributed by atoms with E-state index < -0.39 is 5.97 Å². The normalized spacial score (nSPS) is 11.4. The minimum Gasteiger partial charge on any atom is -0.490 e. The zero-order valence-electron chi connectivity index (χ0n) is 16.6. The van der Waals surface area contributed by atoms with Gasteiger partial charge in [-0.25, -0.2) is 4.79 Å². The van der Waals surface area contributed by atoms with Gasteiger partial charge in [-0.05, 0) is 44.0 Å². The number of hydrogen-bond acceptors (Lipinski definition) is 5. The third-order valence-electron chi connectivity index (χ3n) is 3.95. The van der Waals surface area contributed by atoms with Crippen molar-refractivity contribution in [3.63, 3.8) is 0 Å². The van der Waals surface area contributed by atoms with Crippen LogP contribution >= 0.6 is 0 Å². The largest absolute Gasteiger partial charge is 0.490 e. The molecule has 0 aromatic heterocycles. The molecule has 6 heteroatoms. The van der Waals surface area contributed by atoms with Crippen LogP contribution in [0.2, 0.25) is 0 Å². The van der Waals surface area contributed by atoms with Crippen LogP contribution in [0.1, 0.15) is 49.2 Å². The van der Waals surface area contributed by atoms with Crippen LogP contribution < -0.4 is 14.8 Å². The molecule has 0 fully saturated rings. The van der Waals surface area contributed by atoms with Crippen LogP contribution in [0, 0.1) is 0 Å². The third kappa shape index (κ3) is 6.30. The summed E-state index contributed by atoms with van der Waals surface area (Å²) in [6.07, 6.45) is 0.867. The van der Waals surface area contributed by atoms with Crippen LogP contribution in [0.4, 0.5) is 0 Å². The fourth-order valence-electron chi connectivity index (χ4n) is 2.56. The molecule has 1 amide bonds. The SMILES string of the molecule is CCCOc1ccc(C(=O)OCC(=O)N[C@@H](C)c2ccccc2)cc1OCC. The van der Waals surface area contributed by atoms with Gasteiger partial charge in [0.1, 0.15) is 0 Å². The fourth-order valence-corrected chi connectivity index (χ4v) is 2.56. The Bertz CT molecular complexity index is 776. The number of esters is 1. The van der Waals surface area contributed by atoms with Crippen molar-refractivity contribution in [1.82, 2.24) is 5.32 Å².